The van der Waals surface area contributed by atoms with Gasteiger partial charge in [0.2, 0.25) is 0 Å². The number of rotatable bonds is 4. The molecule has 11 heavy (non-hydrogen) atoms. The van der Waals surface area contributed by atoms with Gasteiger partial charge in [0, 0.05) is 11.0 Å². The summed E-state index contributed by atoms with van der Waals surface area (Å²) in [6.07, 6.45) is 0. The van der Waals surface area contributed by atoms with Gasteiger partial charge >= 0.3 is 5.97 Å². The van der Waals surface area contributed by atoms with Gasteiger partial charge in [-0.3, -0.25) is 4.79 Å². The normalized spacial score (nSPS) is 12.3. The van der Waals surface area contributed by atoms with Gasteiger partial charge < -0.3 is 10.1 Å². The van der Waals surface area contributed by atoms with Gasteiger partial charge in [-0.15, -0.1) is 0 Å². The van der Waals surface area contributed by atoms with E-state index < -0.39 is 0 Å². The predicted molar refractivity (Wildman–Crippen MR) is 47.5 cm³/mol. The Morgan fingerprint density at radius 3 is 2.73 bits per heavy atom. The zero-order valence-corrected chi connectivity index (χ0v) is 8.27. The quantitative estimate of drug-likeness (QED) is 0.722. The second-order valence-electron chi connectivity index (χ2n) is 2.14. The standard InChI is InChI=1S/C7H12BrNO2/c1-5(8)4-9-6(2)7(10)11-3/h6,9H,1,4H2,2-3H3. The number of ether oxygens (including phenoxy) is 1. The largest absolute Gasteiger partial charge is 0.468 e. The second kappa shape index (κ2) is 5.32. The molecular formula is C7H12BrNO2. The van der Waals surface area contributed by atoms with Crippen molar-refractivity contribution < 1.29 is 9.53 Å². The number of nitrogens with one attached hydrogen (secondary N) is 1. The number of methoxy groups -OCH3 is 1. The summed E-state index contributed by atoms with van der Waals surface area (Å²) in [5.41, 5.74) is 0. The first-order chi connectivity index (χ1) is 5.07. The van der Waals surface area contributed by atoms with Crippen LogP contribution < -0.4 is 5.32 Å². The Bertz CT molecular complexity index is 159. The summed E-state index contributed by atoms with van der Waals surface area (Å²) in [5.74, 6) is -0.265. The van der Waals surface area contributed by atoms with Crippen LogP contribution in [0.2, 0.25) is 0 Å². The van der Waals surface area contributed by atoms with E-state index in [-0.39, 0.29) is 12.0 Å². The fraction of sp³-hybridized carbons (Fsp3) is 0.571. The fourth-order valence-corrected chi connectivity index (χ4v) is 0.686. The molecule has 0 aliphatic heterocycles. The van der Waals surface area contributed by atoms with Crippen molar-refractivity contribution in [1.29, 1.82) is 0 Å². The Balaban J connectivity index is 3.60. The van der Waals surface area contributed by atoms with Crippen LogP contribution >= 0.6 is 15.9 Å². The third-order valence-corrected chi connectivity index (χ3v) is 1.44. The minimum atomic E-state index is -0.283. The van der Waals surface area contributed by atoms with Crippen LogP contribution in [0.1, 0.15) is 6.92 Å². The Labute approximate surface area is 74.9 Å². The van der Waals surface area contributed by atoms with Crippen LogP contribution in [0.25, 0.3) is 0 Å². The lowest BCUT2D eigenvalue weighted by molar-refractivity contribution is -0.142. The molecule has 0 aliphatic carbocycles. The Morgan fingerprint density at radius 1 is 1.82 bits per heavy atom. The molecule has 0 rings (SSSR count). The van der Waals surface area contributed by atoms with Crippen LogP contribution in [0.15, 0.2) is 11.1 Å². The summed E-state index contributed by atoms with van der Waals surface area (Å²) in [5, 5.41) is 2.91. The molecule has 0 fully saturated rings. The molecule has 1 N–H and O–H groups in total. The molecule has 0 amide bonds. The van der Waals surface area contributed by atoms with Gasteiger partial charge in [-0.25, -0.2) is 0 Å². The molecule has 4 heteroatoms. The summed E-state index contributed by atoms with van der Waals surface area (Å²) in [6, 6.07) is -0.283. The van der Waals surface area contributed by atoms with E-state index in [1.807, 2.05) is 0 Å². The van der Waals surface area contributed by atoms with Gasteiger partial charge in [0.1, 0.15) is 6.04 Å². The van der Waals surface area contributed by atoms with E-state index in [4.69, 9.17) is 0 Å². The van der Waals surface area contributed by atoms with Crippen LogP contribution in [0.3, 0.4) is 0 Å². The Morgan fingerprint density at radius 2 is 2.36 bits per heavy atom. The van der Waals surface area contributed by atoms with Crippen LogP contribution in [-0.4, -0.2) is 25.7 Å². The van der Waals surface area contributed by atoms with Crippen molar-refractivity contribution in [1.82, 2.24) is 5.32 Å². The average Bonchev–Trinajstić information content (AvgIpc) is 1.98. The van der Waals surface area contributed by atoms with Crippen molar-refractivity contribution in [2.75, 3.05) is 13.7 Å². The van der Waals surface area contributed by atoms with Crippen molar-refractivity contribution >= 4 is 21.9 Å². The minimum Gasteiger partial charge on any atom is -0.468 e. The molecule has 0 saturated carbocycles. The van der Waals surface area contributed by atoms with Crippen molar-refractivity contribution in [3.05, 3.63) is 11.1 Å². The van der Waals surface area contributed by atoms with E-state index in [1.54, 1.807) is 6.92 Å². The van der Waals surface area contributed by atoms with E-state index in [9.17, 15) is 4.79 Å². The van der Waals surface area contributed by atoms with E-state index in [0.29, 0.717) is 6.54 Å². The highest BCUT2D eigenvalue weighted by atomic mass is 79.9. The molecule has 1 unspecified atom stereocenters. The summed E-state index contributed by atoms with van der Waals surface area (Å²) in [6.45, 7) is 5.92. The van der Waals surface area contributed by atoms with Crippen LogP contribution in [0, 0.1) is 0 Å². The molecule has 0 aromatic heterocycles. The molecule has 0 aromatic rings. The van der Waals surface area contributed by atoms with E-state index in [2.05, 4.69) is 32.6 Å². The lowest BCUT2D eigenvalue weighted by atomic mass is 10.3. The van der Waals surface area contributed by atoms with Gasteiger partial charge in [0.05, 0.1) is 7.11 Å². The van der Waals surface area contributed by atoms with Crippen molar-refractivity contribution in [2.45, 2.75) is 13.0 Å². The van der Waals surface area contributed by atoms with E-state index in [0.717, 1.165) is 4.48 Å². The lowest BCUT2D eigenvalue weighted by Gasteiger charge is -2.09. The molecule has 0 saturated heterocycles. The average molecular weight is 222 g/mol. The molecule has 0 aromatic carbocycles. The first-order valence-corrected chi connectivity index (χ1v) is 4.01. The summed E-state index contributed by atoms with van der Waals surface area (Å²) >= 11 is 3.16. The predicted octanol–water partition coefficient (Wildman–Crippen LogP) is 1.05. The molecule has 0 spiro atoms. The summed E-state index contributed by atoms with van der Waals surface area (Å²) in [7, 11) is 1.36. The maximum absolute atomic E-state index is 10.8. The number of esters is 1. The van der Waals surface area contributed by atoms with E-state index in [1.165, 1.54) is 7.11 Å². The monoisotopic (exact) mass is 221 g/mol. The second-order valence-corrected chi connectivity index (χ2v) is 3.26. The maximum atomic E-state index is 10.8. The van der Waals surface area contributed by atoms with Gasteiger partial charge in [-0.2, -0.15) is 0 Å². The molecule has 64 valence electrons. The van der Waals surface area contributed by atoms with Crippen LogP contribution in [0.4, 0.5) is 0 Å². The SMILES string of the molecule is C=C(Br)CNC(C)C(=O)OC. The molecule has 3 nitrogen and oxygen atoms in total. The number of hydrogen-bond donors (Lipinski definition) is 1. The topological polar surface area (TPSA) is 38.3 Å². The third-order valence-electron chi connectivity index (χ3n) is 1.15. The Hall–Kier alpha value is -0.350. The number of halogens is 1. The summed E-state index contributed by atoms with van der Waals surface area (Å²) in [4.78, 5) is 10.8. The Kier molecular flexibility index (Phi) is 5.15. The van der Waals surface area contributed by atoms with E-state index >= 15 is 0 Å². The zero-order chi connectivity index (χ0) is 8.85. The van der Waals surface area contributed by atoms with Crippen LogP contribution in [0.5, 0.6) is 0 Å². The van der Waals surface area contributed by atoms with Crippen molar-refractivity contribution in [3.63, 3.8) is 0 Å². The fourth-order valence-electron chi connectivity index (χ4n) is 0.524. The smallest absolute Gasteiger partial charge is 0.322 e. The van der Waals surface area contributed by atoms with Gasteiger partial charge in [0.25, 0.3) is 0 Å². The summed E-state index contributed by atoms with van der Waals surface area (Å²) < 4.78 is 5.31. The highest BCUT2D eigenvalue weighted by molar-refractivity contribution is 9.11. The van der Waals surface area contributed by atoms with Crippen LogP contribution in [-0.2, 0) is 9.53 Å². The molecule has 0 heterocycles. The number of carbonyl (C=O) groups excluding carboxylic acids is 1. The third kappa shape index (κ3) is 4.98. The highest BCUT2D eigenvalue weighted by Gasteiger charge is 2.10. The zero-order valence-electron chi connectivity index (χ0n) is 6.69. The maximum Gasteiger partial charge on any atom is 0.322 e. The van der Waals surface area contributed by atoms with Crippen molar-refractivity contribution in [3.8, 4) is 0 Å². The molecule has 0 radical (unpaired) electrons. The number of carbonyl (C=O) groups is 1. The van der Waals surface area contributed by atoms with Gasteiger partial charge in [-0.05, 0) is 6.92 Å². The minimum absolute atomic E-state index is 0.265. The lowest BCUT2D eigenvalue weighted by Crippen LogP contribution is -2.35. The van der Waals surface area contributed by atoms with Gasteiger partial charge in [-0.1, -0.05) is 22.5 Å². The number of hydrogen-bond acceptors (Lipinski definition) is 3. The van der Waals surface area contributed by atoms with Gasteiger partial charge in [0.15, 0.2) is 0 Å². The molecule has 1 atom stereocenters. The highest BCUT2D eigenvalue weighted by Crippen LogP contribution is 1.98. The van der Waals surface area contributed by atoms with Crippen molar-refractivity contribution in [2.24, 2.45) is 0 Å². The molecule has 0 bridgehead atoms. The first kappa shape index (κ1) is 10.7. The molecular weight excluding hydrogens is 210 g/mol. The molecule has 0 aliphatic rings. The first-order valence-electron chi connectivity index (χ1n) is 3.22.